The van der Waals surface area contributed by atoms with Gasteiger partial charge in [0.05, 0.1) is 19.9 Å². The van der Waals surface area contributed by atoms with Crippen LogP contribution >= 0.6 is 46.1 Å². The number of halogens is 3. The number of rotatable bonds is 3. The Hall–Kier alpha value is -1.27. The summed E-state index contributed by atoms with van der Waals surface area (Å²) in [6.07, 6.45) is 4.27. The van der Waals surface area contributed by atoms with Crippen molar-refractivity contribution < 1.29 is 14.7 Å². The van der Waals surface area contributed by atoms with Crippen LogP contribution in [0.2, 0.25) is 15.1 Å². The lowest BCUT2D eigenvalue weighted by atomic mass is 9.87. The predicted octanol–water partition coefficient (Wildman–Crippen LogP) is 6.33. The molecular formula is C19H16Cl3NO3S. The molecule has 1 aromatic carbocycles. The average Bonchev–Trinajstić information content (AvgIpc) is 3.21. The molecule has 0 saturated carbocycles. The van der Waals surface area contributed by atoms with E-state index in [0.29, 0.717) is 26.4 Å². The average molecular weight is 445 g/mol. The smallest absolute Gasteiger partial charge is 0.346 e. The van der Waals surface area contributed by atoms with E-state index in [-0.39, 0.29) is 0 Å². The SMILES string of the molecule is CC1(c2cc(Cl)c(Cl)c(Cl)c2)CC(c2sc(C(=O)O)c3c2CCCC3)=NO1. The number of nitrogens with zero attached hydrogens (tertiary/aromatic N) is 1. The Bertz CT molecular complexity index is 962. The maximum absolute atomic E-state index is 11.7. The fourth-order valence-electron chi connectivity index (χ4n) is 3.71. The lowest BCUT2D eigenvalue weighted by molar-refractivity contribution is -0.00737. The van der Waals surface area contributed by atoms with E-state index in [2.05, 4.69) is 5.16 Å². The van der Waals surface area contributed by atoms with E-state index < -0.39 is 11.6 Å². The van der Waals surface area contributed by atoms with E-state index >= 15 is 0 Å². The quantitative estimate of drug-likeness (QED) is 0.563. The number of carboxylic acid groups (broad SMARTS) is 1. The molecule has 2 heterocycles. The molecule has 4 nitrogen and oxygen atoms in total. The molecule has 8 heteroatoms. The van der Waals surface area contributed by atoms with Gasteiger partial charge in [-0.2, -0.15) is 0 Å². The van der Waals surface area contributed by atoms with Gasteiger partial charge in [0.1, 0.15) is 10.6 Å². The van der Waals surface area contributed by atoms with Crippen LogP contribution in [0.15, 0.2) is 17.3 Å². The highest BCUT2D eigenvalue weighted by atomic mass is 35.5. The molecule has 1 aliphatic carbocycles. The fraction of sp³-hybridized carbons (Fsp3) is 0.368. The van der Waals surface area contributed by atoms with E-state index in [1.165, 1.54) is 11.3 Å². The zero-order valence-electron chi connectivity index (χ0n) is 14.4. The summed E-state index contributed by atoms with van der Waals surface area (Å²) < 4.78 is 0. The molecule has 2 aliphatic rings. The number of thiophene rings is 1. The number of benzene rings is 1. The van der Waals surface area contributed by atoms with Crippen molar-refractivity contribution in [2.75, 3.05) is 0 Å². The second-order valence-electron chi connectivity index (χ2n) is 7.02. The van der Waals surface area contributed by atoms with Gasteiger partial charge in [0, 0.05) is 12.0 Å². The van der Waals surface area contributed by atoms with Gasteiger partial charge in [0.25, 0.3) is 0 Å². The molecule has 0 spiro atoms. The van der Waals surface area contributed by atoms with Crippen LogP contribution in [-0.4, -0.2) is 16.8 Å². The summed E-state index contributed by atoms with van der Waals surface area (Å²) in [5.41, 5.74) is 2.90. The Labute approximate surface area is 175 Å². The first kappa shape index (κ1) is 19.1. The van der Waals surface area contributed by atoms with Crippen LogP contribution in [0.4, 0.5) is 0 Å². The predicted molar refractivity (Wildman–Crippen MR) is 109 cm³/mol. The van der Waals surface area contributed by atoms with Gasteiger partial charge in [-0.3, -0.25) is 0 Å². The lowest BCUT2D eigenvalue weighted by Crippen LogP contribution is -2.22. The Morgan fingerprint density at radius 3 is 2.44 bits per heavy atom. The van der Waals surface area contributed by atoms with E-state index in [1.54, 1.807) is 12.1 Å². The molecule has 27 heavy (non-hydrogen) atoms. The molecule has 0 bridgehead atoms. The minimum Gasteiger partial charge on any atom is -0.477 e. The summed E-state index contributed by atoms with van der Waals surface area (Å²) >= 11 is 19.7. The fourth-order valence-corrected chi connectivity index (χ4v) is 5.53. The van der Waals surface area contributed by atoms with Crippen LogP contribution < -0.4 is 0 Å². The summed E-state index contributed by atoms with van der Waals surface area (Å²) in [5, 5.41) is 14.9. The first-order valence-electron chi connectivity index (χ1n) is 8.58. The van der Waals surface area contributed by atoms with Gasteiger partial charge in [-0.1, -0.05) is 40.0 Å². The van der Waals surface area contributed by atoms with Crippen LogP contribution in [0.25, 0.3) is 0 Å². The zero-order chi connectivity index (χ0) is 19.3. The van der Waals surface area contributed by atoms with Gasteiger partial charge in [-0.25, -0.2) is 4.79 Å². The van der Waals surface area contributed by atoms with Crippen molar-refractivity contribution >= 4 is 57.8 Å². The monoisotopic (exact) mass is 443 g/mol. The molecule has 142 valence electrons. The third kappa shape index (κ3) is 3.25. The third-order valence-electron chi connectivity index (χ3n) is 5.13. The largest absolute Gasteiger partial charge is 0.477 e. The van der Waals surface area contributed by atoms with Gasteiger partial charge in [0.15, 0.2) is 5.60 Å². The Balaban J connectivity index is 1.70. The van der Waals surface area contributed by atoms with E-state index in [9.17, 15) is 9.90 Å². The third-order valence-corrected chi connectivity index (χ3v) is 7.64. The van der Waals surface area contributed by atoms with Gasteiger partial charge in [0.2, 0.25) is 0 Å². The zero-order valence-corrected chi connectivity index (χ0v) is 17.5. The molecular weight excluding hydrogens is 429 g/mol. The minimum absolute atomic E-state index is 0.309. The standard InChI is InChI=1S/C19H16Cl3NO3S/c1-19(9-6-12(20)15(22)13(21)7-9)8-14(23-26-19)16-10-4-2-3-5-11(10)17(27-16)18(24)25/h6-7H,2-5,8H2,1H3,(H,24,25). The van der Waals surface area contributed by atoms with E-state index in [1.807, 2.05) is 6.92 Å². The number of hydrogen-bond donors (Lipinski definition) is 1. The van der Waals surface area contributed by atoms with Crippen molar-refractivity contribution in [3.05, 3.63) is 53.6 Å². The molecule has 1 N–H and O–H groups in total. The van der Waals surface area contributed by atoms with Crippen LogP contribution in [-0.2, 0) is 23.3 Å². The highest BCUT2D eigenvalue weighted by molar-refractivity contribution is 7.16. The second-order valence-corrected chi connectivity index (χ2v) is 9.23. The maximum Gasteiger partial charge on any atom is 0.346 e. The van der Waals surface area contributed by atoms with Gasteiger partial charge < -0.3 is 9.94 Å². The number of aromatic carboxylic acids is 1. The topological polar surface area (TPSA) is 58.9 Å². The Kier molecular flexibility index (Phi) is 4.91. The lowest BCUT2D eigenvalue weighted by Gasteiger charge is -2.23. The molecule has 0 saturated heterocycles. The first-order chi connectivity index (χ1) is 12.8. The molecule has 0 radical (unpaired) electrons. The van der Waals surface area contributed by atoms with Crippen molar-refractivity contribution in [2.24, 2.45) is 5.16 Å². The summed E-state index contributed by atoms with van der Waals surface area (Å²) in [7, 11) is 0. The first-order valence-corrected chi connectivity index (χ1v) is 10.5. The summed E-state index contributed by atoms with van der Waals surface area (Å²) in [4.78, 5) is 18.8. The van der Waals surface area contributed by atoms with E-state index in [0.717, 1.165) is 53.0 Å². The molecule has 0 amide bonds. The molecule has 1 atom stereocenters. The van der Waals surface area contributed by atoms with Crippen molar-refractivity contribution in [3.8, 4) is 0 Å². The summed E-state index contributed by atoms with van der Waals surface area (Å²) in [6.45, 7) is 1.91. The van der Waals surface area contributed by atoms with Crippen molar-refractivity contribution in [1.82, 2.24) is 0 Å². The molecule has 0 fully saturated rings. The van der Waals surface area contributed by atoms with Gasteiger partial charge in [-0.05, 0) is 55.9 Å². The Morgan fingerprint density at radius 2 is 1.81 bits per heavy atom. The number of carboxylic acids is 1. The normalized spacial score (nSPS) is 21.6. The summed E-state index contributed by atoms with van der Waals surface area (Å²) in [6, 6.07) is 3.47. The van der Waals surface area contributed by atoms with Crippen molar-refractivity contribution in [2.45, 2.75) is 44.6 Å². The maximum atomic E-state index is 11.7. The van der Waals surface area contributed by atoms with Crippen LogP contribution in [0, 0.1) is 0 Å². The van der Waals surface area contributed by atoms with Crippen molar-refractivity contribution in [1.29, 1.82) is 0 Å². The van der Waals surface area contributed by atoms with Crippen molar-refractivity contribution in [3.63, 3.8) is 0 Å². The molecule has 4 rings (SSSR count). The minimum atomic E-state index is -0.872. The molecule has 1 unspecified atom stereocenters. The summed E-state index contributed by atoms with van der Waals surface area (Å²) in [5.74, 6) is -0.872. The van der Waals surface area contributed by atoms with Gasteiger partial charge in [-0.15, -0.1) is 11.3 Å². The number of hydrogen-bond acceptors (Lipinski definition) is 4. The van der Waals surface area contributed by atoms with Crippen LogP contribution in [0.3, 0.4) is 0 Å². The Morgan fingerprint density at radius 1 is 1.19 bits per heavy atom. The number of fused-ring (bicyclic) bond motifs is 1. The second kappa shape index (κ2) is 6.96. The highest BCUT2D eigenvalue weighted by Crippen LogP contribution is 2.43. The van der Waals surface area contributed by atoms with Gasteiger partial charge >= 0.3 is 5.97 Å². The molecule has 2 aromatic rings. The van der Waals surface area contributed by atoms with Crippen LogP contribution in [0.5, 0.6) is 0 Å². The number of carbonyl (C=O) groups is 1. The highest BCUT2D eigenvalue weighted by Gasteiger charge is 2.39. The molecule has 1 aromatic heterocycles. The van der Waals surface area contributed by atoms with Crippen LogP contribution in [0.1, 0.15) is 57.4 Å². The molecule has 1 aliphatic heterocycles. The van der Waals surface area contributed by atoms with E-state index in [4.69, 9.17) is 39.6 Å². The number of oxime groups is 1.